The summed E-state index contributed by atoms with van der Waals surface area (Å²) in [4.78, 5) is 27.7. The fourth-order valence-corrected chi connectivity index (χ4v) is 3.39. The van der Waals surface area contributed by atoms with Crippen molar-refractivity contribution in [3.8, 4) is 0 Å². The first-order valence-corrected chi connectivity index (χ1v) is 9.70. The lowest BCUT2D eigenvalue weighted by atomic mass is 10.1. The maximum absolute atomic E-state index is 12.5. The fourth-order valence-electron chi connectivity index (χ4n) is 2.71. The Morgan fingerprint density at radius 1 is 1.12 bits per heavy atom. The van der Waals surface area contributed by atoms with Gasteiger partial charge in [-0.1, -0.05) is 25.1 Å². The minimum Gasteiger partial charge on any atom is -0.360 e. The number of carbonyl (C=O) groups excluding carboxylic acids is 2. The topological polar surface area (TPSA) is 74.0 Å². The number of aryl methyl sites for hydroxylation is 1. The number of benzene rings is 2. The van der Waals surface area contributed by atoms with Crippen molar-refractivity contribution in [2.75, 3.05) is 11.9 Å². The maximum Gasteiger partial charge on any atom is 0.253 e. The summed E-state index contributed by atoms with van der Waals surface area (Å²) in [7, 11) is 0. The predicted octanol–water partition coefficient (Wildman–Crippen LogP) is 4.62. The molecule has 0 aliphatic rings. The predicted molar refractivity (Wildman–Crippen MR) is 110 cm³/mol. The van der Waals surface area contributed by atoms with E-state index >= 15 is 0 Å². The highest BCUT2D eigenvalue weighted by Gasteiger charge is 2.15. The number of anilines is 1. The molecule has 3 N–H and O–H groups in total. The van der Waals surface area contributed by atoms with Crippen molar-refractivity contribution >= 4 is 60.3 Å². The lowest BCUT2D eigenvalue weighted by molar-refractivity contribution is -0.115. The van der Waals surface area contributed by atoms with Gasteiger partial charge in [-0.25, -0.2) is 0 Å². The van der Waals surface area contributed by atoms with Crippen LogP contribution in [0.2, 0.25) is 0 Å². The fraction of sp³-hybridized carbons (Fsp3) is 0.158. The van der Waals surface area contributed by atoms with E-state index in [4.69, 9.17) is 0 Å². The second kappa shape index (κ2) is 8.05. The highest BCUT2D eigenvalue weighted by atomic mass is 79.9. The van der Waals surface area contributed by atoms with E-state index in [9.17, 15) is 9.59 Å². The number of aromatic amines is 1. The van der Waals surface area contributed by atoms with Gasteiger partial charge in [0.15, 0.2) is 0 Å². The molecule has 0 unspecified atom stereocenters. The number of rotatable bonds is 5. The molecule has 3 rings (SSSR count). The third-order valence-corrected chi connectivity index (χ3v) is 5.89. The second-order valence-corrected chi connectivity index (χ2v) is 7.46. The van der Waals surface area contributed by atoms with Crippen LogP contribution < -0.4 is 10.6 Å². The van der Waals surface area contributed by atoms with E-state index in [-0.39, 0.29) is 18.4 Å². The smallest absolute Gasteiger partial charge is 0.253 e. The summed E-state index contributed by atoms with van der Waals surface area (Å²) in [6, 6.07) is 11.4. The van der Waals surface area contributed by atoms with Crippen molar-refractivity contribution in [1.82, 2.24) is 10.3 Å². The monoisotopic (exact) mass is 477 g/mol. The first-order chi connectivity index (χ1) is 12.5. The summed E-state index contributed by atoms with van der Waals surface area (Å²) < 4.78 is 1.75. The Bertz CT molecular complexity index is 982. The van der Waals surface area contributed by atoms with Crippen LogP contribution in [0.25, 0.3) is 10.9 Å². The molecule has 0 radical (unpaired) electrons. The van der Waals surface area contributed by atoms with Gasteiger partial charge in [-0.15, -0.1) is 0 Å². The van der Waals surface area contributed by atoms with E-state index in [1.54, 1.807) is 6.20 Å². The summed E-state index contributed by atoms with van der Waals surface area (Å²) >= 11 is 6.88. The summed E-state index contributed by atoms with van der Waals surface area (Å²) in [6.07, 6.45) is 2.46. The Balaban J connectivity index is 1.67. The van der Waals surface area contributed by atoms with Crippen LogP contribution in [-0.4, -0.2) is 23.3 Å². The number of aromatic nitrogens is 1. The summed E-state index contributed by atoms with van der Waals surface area (Å²) in [6.45, 7) is 1.93. The van der Waals surface area contributed by atoms with Crippen molar-refractivity contribution < 1.29 is 9.59 Å². The molecule has 134 valence electrons. The van der Waals surface area contributed by atoms with Gasteiger partial charge in [0.2, 0.25) is 5.91 Å². The molecule has 0 saturated heterocycles. The van der Waals surface area contributed by atoms with Crippen LogP contribution in [0.5, 0.6) is 0 Å². The molecule has 2 amide bonds. The minimum atomic E-state index is -0.301. The van der Waals surface area contributed by atoms with Crippen molar-refractivity contribution in [2.24, 2.45) is 0 Å². The van der Waals surface area contributed by atoms with E-state index < -0.39 is 0 Å². The molecule has 0 fully saturated rings. The number of fused-ring (bicyclic) bond motifs is 1. The zero-order valence-electron chi connectivity index (χ0n) is 14.0. The van der Waals surface area contributed by atoms with E-state index in [0.29, 0.717) is 5.56 Å². The number of amides is 2. The Kier molecular flexibility index (Phi) is 5.78. The lowest BCUT2D eigenvalue weighted by Crippen LogP contribution is -2.32. The van der Waals surface area contributed by atoms with Gasteiger partial charge in [-0.05, 0) is 62.0 Å². The van der Waals surface area contributed by atoms with Crippen molar-refractivity contribution in [3.05, 3.63) is 62.7 Å². The average molecular weight is 479 g/mol. The second-order valence-electron chi connectivity index (χ2n) is 5.76. The van der Waals surface area contributed by atoms with Crippen LogP contribution in [-0.2, 0) is 11.2 Å². The molecule has 2 aromatic carbocycles. The Labute approximate surface area is 167 Å². The molecule has 1 heterocycles. The molecule has 0 bridgehead atoms. The van der Waals surface area contributed by atoms with Gasteiger partial charge in [-0.2, -0.15) is 0 Å². The quantitative estimate of drug-likeness (QED) is 0.500. The van der Waals surface area contributed by atoms with Crippen LogP contribution >= 0.6 is 31.9 Å². The first kappa shape index (κ1) is 18.7. The molecule has 0 aliphatic heterocycles. The van der Waals surface area contributed by atoms with Gasteiger partial charge in [0.05, 0.1) is 12.1 Å². The van der Waals surface area contributed by atoms with E-state index in [1.165, 1.54) is 0 Å². The van der Waals surface area contributed by atoms with Gasteiger partial charge in [-0.3, -0.25) is 9.59 Å². The Morgan fingerprint density at radius 2 is 1.85 bits per heavy atom. The van der Waals surface area contributed by atoms with Crippen LogP contribution in [0.3, 0.4) is 0 Å². The number of H-pyrrole nitrogens is 1. The molecular weight excluding hydrogens is 462 g/mol. The number of para-hydroxylation sites is 1. The first-order valence-electron chi connectivity index (χ1n) is 8.11. The molecule has 0 spiro atoms. The standard InChI is InChI=1S/C19H17Br2N3O2/c1-2-11-5-3-4-6-16(11)24-18(25)10-23-19(26)13-9-22-17-8-15(21)14(20)7-12(13)17/h3-9,22H,2,10H2,1H3,(H,23,26)(H,24,25). The van der Waals surface area contributed by atoms with Gasteiger partial charge >= 0.3 is 0 Å². The van der Waals surface area contributed by atoms with Crippen molar-refractivity contribution in [1.29, 1.82) is 0 Å². The normalized spacial score (nSPS) is 10.7. The van der Waals surface area contributed by atoms with E-state index in [0.717, 1.165) is 37.5 Å². The van der Waals surface area contributed by atoms with Crippen LogP contribution in [0.1, 0.15) is 22.8 Å². The average Bonchev–Trinajstić information content (AvgIpc) is 3.03. The number of carbonyl (C=O) groups is 2. The zero-order chi connectivity index (χ0) is 18.7. The van der Waals surface area contributed by atoms with Gasteiger partial charge in [0.25, 0.3) is 5.91 Å². The molecule has 1 aromatic heterocycles. The van der Waals surface area contributed by atoms with Crippen molar-refractivity contribution in [2.45, 2.75) is 13.3 Å². The highest BCUT2D eigenvalue weighted by Crippen LogP contribution is 2.30. The molecular formula is C19H17Br2N3O2. The molecule has 7 heteroatoms. The third kappa shape index (κ3) is 3.99. The third-order valence-electron chi connectivity index (χ3n) is 4.05. The van der Waals surface area contributed by atoms with Gasteiger partial charge in [0, 0.05) is 31.7 Å². The number of nitrogens with one attached hydrogen (secondary N) is 3. The zero-order valence-corrected chi connectivity index (χ0v) is 17.2. The lowest BCUT2D eigenvalue weighted by Gasteiger charge is -2.10. The summed E-state index contributed by atoms with van der Waals surface area (Å²) in [5, 5.41) is 6.30. The van der Waals surface area contributed by atoms with Gasteiger partial charge < -0.3 is 15.6 Å². The van der Waals surface area contributed by atoms with Gasteiger partial charge in [0.1, 0.15) is 0 Å². The molecule has 0 atom stereocenters. The summed E-state index contributed by atoms with van der Waals surface area (Å²) in [5.41, 5.74) is 3.16. The molecule has 5 nitrogen and oxygen atoms in total. The molecule has 3 aromatic rings. The molecule has 0 aliphatic carbocycles. The van der Waals surface area contributed by atoms with Crippen LogP contribution in [0.4, 0.5) is 5.69 Å². The molecule has 0 saturated carbocycles. The number of halogens is 2. The minimum absolute atomic E-state index is 0.0960. The Morgan fingerprint density at radius 3 is 2.62 bits per heavy atom. The van der Waals surface area contributed by atoms with E-state index in [1.807, 2.05) is 43.3 Å². The largest absolute Gasteiger partial charge is 0.360 e. The van der Waals surface area contributed by atoms with Crippen LogP contribution in [0.15, 0.2) is 51.5 Å². The molecule has 26 heavy (non-hydrogen) atoms. The summed E-state index contributed by atoms with van der Waals surface area (Å²) in [5.74, 6) is -0.563. The van der Waals surface area contributed by atoms with E-state index in [2.05, 4.69) is 47.5 Å². The maximum atomic E-state index is 12.5. The SMILES string of the molecule is CCc1ccccc1NC(=O)CNC(=O)c1c[nH]c2cc(Br)c(Br)cc12. The highest BCUT2D eigenvalue weighted by molar-refractivity contribution is 9.13. The number of hydrogen-bond donors (Lipinski definition) is 3. The Hall–Kier alpha value is -2.12. The van der Waals surface area contributed by atoms with Crippen LogP contribution in [0, 0.1) is 0 Å². The van der Waals surface area contributed by atoms with Crippen molar-refractivity contribution in [3.63, 3.8) is 0 Å². The number of hydrogen-bond acceptors (Lipinski definition) is 2.